The van der Waals surface area contributed by atoms with Crippen LogP contribution in [0.4, 0.5) is 5.82 Å². The molecule has 0 spiro atoms. The highest BCUT2D eigenvalue weighted by atomic mass is 35.5. The molecule has 1 aromatic carbocycles. The Morgan fingerprint density at radius 2 is 2.05 bits per heavy atom. The zero-order valence-corrected chi connectivity index (χ0v) is 11.7. The molecule has 3 rings (SSSR count). The van der Waals surface area contributed by atoms with Crippen LogP contribution in [-0.4, -0.2) is 29.0 Å². The fourth-order valence-corrected chi connectivity index (χ4v) is 2.22. The van der Waals surface area contributed by atoms with Crippen LogP contribution in [-0.2, 0) is 4.79 Å². The Hall–Kier alpha value is -1.88. The van der Waals surface area contributed by atoms with Crippen molar-refractivity contribution in [2.24, 2.45) is 5.92 Å². The summed E-state index contributed by atoms with van der Waals surface area (Å²) in [6.07, 6.45) is 2.04. The van der Waals surface area contributed by atoms with Crippen LogP contribution in [0.2, 0.25) is 5.28 Å². The topological polar surface area (TPSA) is 66.9 Å². The lowest BCUT2D eigenvalue weighted by atomic mass is 10.2. The smallest absolute Gasteiger partial charge is 0.224 e. The zero-order chi connectivity index (χ0) is 13.9. The highest BCUT2D eigenvalue weighted by molar-refractivity contribution is 6.28. The van der Waals surface area contributed by atoms with E-state index in [0.717, 1.165) is 23.7 Å². The normalized spacial score (nSPS) is 14.2. The summed E-state index contributed by atoms with van der Waals surface area (Å²) in [7, 11) is 0. The molecule has 0 bridgehead atoms. The van der Waals surface area contributed by atoms with E-state index in [1.165, 1.54) is 0 Å². The van der Waals surface area contributed by atoms with E-state index in [2.05, 4.69) is 20.6 Å². The maximum Gasteiger partial charge on any atom is 0.224 e. The predicted molar refractivity (Wildman–Crippen MR) is 78.8 cm³/mol. The molecule has 1 aliphatic carbocycles. The van der Waals surface area contributed by atoms with Crippen LogP contribution >= 0.6 is 11.6 Å². The average molecular weight is 291 g/mol. The number of fused-ring (bicyclic) bond motifs is 1. The minimum Gasteiger partial charge on any atom is -0.368 e. The van der Waals surface area contributed by atoms with Crippen LogP contribution in [0.5, 0.6) is 0 Å². The lowest BCUT2D eigenvalue weighted by Gasteiger charge is -2.09. The third kappa shape index (κ3) is 2.99. The molecule has 0 unspecified atom stereocenters. The molecule has 0 aliphatic heterocycles. The van der Waals surface area contributed by atoms with Crippen molar-refractivity contribution in [2.75, 3.05) is 18.4 Å². The Labute approximate surface area is 121 Å². The Morgan fingerprint density at radius 3 is 2.85 bits per heavy atom. The minimum atomic E-state index is 0.150. The highest BCUT2D eigenvalue weighted by Crippen LogP contribution is 2.28. The van der Waals surface area contributed by atoms with Crippen LogP contribution in [0, 0.1) is 5.92 Å². The fourth-order valence-electron chi connectivity index (χ4n) is 2.04. The number of carbonyl (C=O) groups excluding carboxylic acids is 1. The van der Waals surface area contributed by atoms with Gasteiger partial charge in [-0.05, 0) is 36.6 Å². The standard InChI is InChI=1S/C14H15ClN4O/c15-14-18-11-4-2-1-3-10(11)12(19-14)16-7-8-17-13(20)9-5-6-9/h1-4,9H,5-8H2,(H,17,20)(H,16,18,19). The molecule has 1 saturated carbocycles. The number of nitrogens with zero attached hydrogens (tertiary/aromatic N) is 2. The Morgan fingerprint density at radius 1 is 1.25 bits per heavy atom. The molecule has 104 valence electrons. The van der Waals surface area contributed by atoms with Crippen molar-refractivity contribution in [1.29, 1.82) is 0 Å². The summed E-state index contributed by atoms with van der Waals surface area (Å²) in [5.41, 5.74) is 0.803. The zero-order valence-electron chi connectivity index (χ0n) is 10.9. The third-order valence-electron chi connectivity index (χ3n) is 3.24. The summed E-state index contributed by atoms with van der Waals surface area (Å²) in [5, 5.41) is 7.23. The van der Waals surface area contributed by atoms with Crippen molar-refractivity contribution < 1.29 is 4.79 Å². The molecule has 0 atom stereocenters. The molecular formula is C14H15ClN4O. The van der Waals surface area contributed by atoms with Gasteiger partial charge in [-0.1, -0.05) is 12.1 Å². The third-order valence-corrected chi connectivity index (χ3v) is 3.41. The molecule has 2 N–H and O–H groups in total. The number of benzene rings is 1. The number of rotatable bonds is 5. The van der Waals surface area contributed by atoms with Crippen molar-refractivity contribution in [3.63, 3.8) is 0 Å². The van der Waals surface area contributed by atoms with Gasteiger partial charge in [-0.2, -0.15) is 0 Å². The van der Waals surface area contributed by atoms with Crippen LogP contribution in [0.1, 0.15) is 12.8 Å². The van der Waals surface area contributed by atoms with Gasteiger partial charge in [0.25, 0.3) is 0 Å². The number of nitrogens with one attached hydrogen (secondary N) is 2. The largest absolute Gasteiger partial charge is 0.368 e. The quantitative estimate of drug-likeness (QED) is 0.654. The molecule has 1 aliphatic rings. The maximum absolute atomic E-state index is 11.5. The number of para-hydroxylation sites is 1. The molecule has 6 heteroatoms. The van der Waals surface area contributed by atoms with Gasteiger partial charge in [0.05, 0.1) is 5.52 Å². The average Bonchev–Trinajstić information content (AvgIpc) is 3.27. The van der Waals surface area contributed by atoms with Gasteiger partial charge in [0.2, 0.25) is 11.2 Å². The molecule has 20 heavy (non-hydrogen) atoms. The Bertz CT molecular complexity index is 642. The summed E-state index contributed by atoms with van der Waals surface area (Å²) in [6.45, 7) is 1.18. The summed E-state index contributed by atoms with van der Waals surface area (Å²) in [4.78, 5) is 19.9. The molecule has 1 heterocycles. The first-order valence-electron chi connectivity index (χ1n) is 6.68. The van der Waals surface area contributed by atoms with Crippen molar-refractivity contribution in [3.05, 3.63) is 29.5 Å². The summed E-state index contributed by atoms with van der Waals surface area (Å²) in [5.74, 6) is 1.09. The first-order chi connectivity index (χ1) is 9.74. The number of halogens is 1. The van der Waals surface area contributed by atoms with Gasteiger partial charge in [0.15, 0.2) is 0 Å². The van der Waals surface area contributed by atoms with E-state index >= 15 is 0 Å². The molecular weight excluding hydrogens is 276 g/mol. The SMILES string of the molecule is O=C(NCCNc1nc(Cl)nc2ccccc12)C1CC1. The first-order valence-corrected chi connectivity index (χ1v) is 7.06. The van der Waals surface area contributed by atoms with Gasteiger partial charge >= 0.3 is 0 Å². The second-order valence-electron chi connectivity index (χ2n) is 4.85. The van der Waals surface area contributed by atoms with Gasteiger partial charge in [-0.3, -0.25) is 4.79 Å². The molecule has 1 fully saturated rings. The number of hydrogen-bond acceptors (Lipinski definition) is 4. The maximum atomic E-state index is 11.5. The van der Waals surface area contributed by atoms with E-state index in [1.807, 2.05) is 24.3 Å². The monoisotopic (exact) mass is 290 g/mol. The number of amides is 1. The van der Waals surface area contributed by atoms with Gasteiger partial charge < -0.3 is 10.6 Å². The molecule has 1 aromatic heterocycles. The molecule has 2 aromatic rings. The number of aromatic nitrogens is 2. The highest BCUT2D eigenvalue weighted by Gasteiger charge is 2.28. The second kappa shape index (κ2) is 5.63. The van der Waals surface area contributed by atoms with E-state index in [0.29, 0.717) is 18.9 Å². The molecule has 0 radical (unpaired) electrons. The van der Waals surface area contributed by atoms with E-state index in [-0.39, 0.29) is 17.1 Å². The summed E-state index contributed by atoms with van der Waals surface area (Å²) in [6, 6.07) is 7.67. The van der Waals surface area contributed by atoms with Crippen molar-refractivity contribution in [2.45, 2.75) is 12.8 Å². The Kier molecular flexibility index (Phi) is 3.69. The molecule has 5 nitrogen and oxygen atoms in total. The number of anilines is 1. The predicted octanol–water partition coefficient (Wildman–Crippen LogP) is 2.22. The fraction of sp³-hybridized carbons (Fsp3) is 0.357. The van der Waals surface area contributed by atoms with Gasteiger partial charge in [-0.25, -0.2) is 9.97 Å². The van der Waals surface area contributed by atoms with E-state index < -0.39 is 0 Å². The van der Waals surface area contributed by atoms with Gasteiger partial charge in [-0.15, -0.1) is 0 Å². The lowest BCUT2D eigenvalue weighted by molar-refractivity contribution is -0.122. The number of hydrogen-bond donors (Lipinski definition) is 2. The van der Waals surface area contributed by atoms with E-state index in [4.69, 9.17) is 11.6 Å². The van der Waals surface area contributed by atoms with E-state index in [1.54, 1.807) is 0 Å². The number of carbonyl (C=O) groups is 1. The van der Waals surface area contributed by atoms with Gasteiger partial charge in [0, 0.05) is 24.4 Å². The van der Waals surface area contributed by atoms with Crippen LogP contribution in [0.15, 0.2) is 24.3 Å². The summed E-state index contributed by atoms with van der Waals surface area (Å²) >= 11 is 5.90. The minimum absolute atomic E-state index is 0.150. The van der Waals surface area contributed by atoms with Crippen LogP contribution in [0.3, 0.4) is 0 Å². The molecule has 0 saturated heterocycles. The lowest BCUT2D eigenvalue weighted by Crippen LogP contribution is -2.30. The molecule has 1 amide bonds. The van der Waals surface area contributed by atoms with Crippen molar-refractivity contribution in [1.82, 2.24) is 15.3 Å². The van der Waals surface area contributed by atoms with Gasteiger partial charge in [0.1, 0.15) is 5.82 Å². The second-order valence-corrected chi connectivity index (χ2v) is 5.19. The van der Waals surface area contributed by atoms with Crippen LogP contribution < -0.4 is 10.6 Å². The van der Waals surface area contributed by atoms with E-state index in [9.17, 15) is 4.79 Å². The van der Waals surface area contributed by atoms with Crippen molar-refractivity contribution >= 4 is 34.2 Å². The van der Waals surface area contributed by atoms with Crippen LogP contribution in [0.25, 0.3) is 10.9 Å². The van der Waals surface area contributed by atoms with Crippen molar-refractivity contribution in [3.8, 4) is 0 Å². The first kappa shape index (κ1) is 13.1. The Balaban J connectivity index is 1.63. The summed E-state index contributed by atoms with van der Waals surface area (Å²) < 4.78 is 0.